The van der Waals surface area contributed by atoms with Crippen molar-refractivity contribution in [2.24, 2.45) is 5.92 Å². The van der Waals surface area contributed by atoms with Gasteiger partial charge >= 0.3 is 0 Å². The van der Waals surface area contributed by atoms with E-state index >= 15 is 0 Å². The number of nitrogens with one attached hydrogen (secondary N) is 1. The predicted molar refractivity (Wildman–Crippen MR) is 105 cm³/mol. The minimum Gasteiger partial charge on any atom is -0.306 e. The summed E-state index contributed by atoms with van der Waals surface area (Å²) >= 11 is 0. The van der Waals surface area contributed by atoms with Crippen LogP contribution < -0.4 is 5.56 Å². The third kappa shape index (κ3) is 3.48. The zero-order valence-corrected chi connectivity index (χ0v) is 15.9. The van der Waals surface area contributed by atoms with Gasteiger partial charge in [-0.2, -0.15) is 0 Å². The van der Waals surface area contributed by atoms with Gasteiger partial charge < -0.3 is 4.98 Å². The van der Waals surface area contributed by atoms with Crippen LogP contribution >= 0.6 is 0 Å². The van der Waals surface area contributed by atoms with Crippen LogP contribution in [0, 0.1) is 12.8 Å². The number of H-pyrrole nitrogens is 1. The van der Waals surface area contributed by atoms with Crippen molar-refractivity contribution in [3.05, 3.63) is 51.4 Å². The summed E-state index contributed by atoms with van der Waals surface area (Å²) in [5.41, 5.74) is 4.03. The number of aromatic nitrogens is 2. The van der Waals surface area contributed by atoms with Gasteiger partial charge in [0, 0.05) is 36.0 Å². The highest BCUT2D eigenvalue weighted by atomic mass is 16.1. The lowest BCUT2D eigenvalue weighted by Crippen LogP contribution is -2.31. The molecular formula is C22H29N3O. The summed E-state index contributed by atoms with van der Waals surface area (Å²) in [6, 6.07) is 9.35. The molecule has 4 rings (SSSR count). The predicted octanol–water partition coefficient (Wildman–Crippen LogP) is 4.07. The molecule has 2 bridgehead atoms. The Morgan fingerprint density at radius 2 is 2.04 bits per heavy atom. The number of fused-ring (bicyclic) bond motifs is 2. The summed E-state index contributed by atoms with van der Waals surface area (Å²) in [7, 11) is 0. The molecule has 0 spiro atoms. The van der Waals surface area contributed by atoms with E-state index in [1.807, 2.05) is 6.92 Å². The van der Waals surface area contributed by atoms with Gasteiger partial charge in [0.1, 0.15) is 5.82 Å². The first-order chi connectivity index (χ1) is 12.6. The van der Waals surface area contributed by atoms with Gasteiger partial charge in [-0.15, -0.1) is 0 Å². The maximum Gasteiger partial charge on any atom is 0.254 e. The fraction of sp³-hybridized carbons (Fsp3) is 0.545. The lowest BCUT2D eigenvalue weighted by molar-refractivity contribution is 0.205. The number of nitrogens with zero attached hydrogens (tertiary/aromatic N) is 2. The number of hydrogen-bond donors (Lipinski definition) is 1. The summed E-state index contributed by atoms with van der Waals surface area (Å²) in [5.74, 6) is 1.61. The maximum atomic E-state index is 12.4. The van der Waals surface area contributed by atoms with Gasteiger partial charge in [-0.25, -0.2) is 4.98 Å². The van der Waals surface area contributed by atoms with E-state index in [1.165, 1.54) is 31.4 Å². The van der Waals surface area contributed by atoms with Crippen molar-refractivity contribution in [3.8, 4) is 11.4 Å². The number of hydrogen-bond acceptors (Lipinski definition) is 3. The van der Waals surface area contributed by atoms with E-state index < -0.39 is 0 Å². The number of aryl methyl sites for hydroxylation is 1. The lowest BCUT2D eigenvalue weighted by atomic mass is 10.1. The zero-order chi connectivity index (χ0) is 18.1. The normalized spacial score (nSPS) is 22.2. The molecule has 138 valence electrons. The SMILES string of the molecule is CCCCc1c(C)nc(-c2ccc(CN3C[C@H]4CC[C@H]3C4)cc2)[nH]c1=O. The second-order valence-corrected chi connectivity index (χ2v) is 8.04. The van der Waals surface area contributed by atoms with Crippen LogP contribution in [0.15, 0.2) is 29.1 Å². The maximum absolute atomic E-state index is 12.4. The molecule has 2 atom stereocenters. The molecule has 2 aliphatic rings. The standard InChI is InChI=1S/C22H29N3O/c1-3-4-5-20-15(2)23-21(24-22(20)26)18-9-6-16(7-10-18)13-25-14-17-8-11-19(25)12-17/h6-7,9-10,17,19H,3-5,8,11-14H2,1-2H3,(H,23,24,26)/t17-,19-/m0/s1. The molecule has 26 heavy (non-hydrogen) atoms. The molecule has 0 unspecified atom stereocenters. The summed E-state index contributed by atoms with van der Waals surface area (Å²) < 4.78 is 0. The Bertz CT molecular complexity index is 824. The van der Waals surface area contributed by atoms with Crippen molar-refractivity contribution >= 4 is 0 Å². The highest BCUT2D eigenvalue weighted by Gasteiger charge is 2.37. The van der Waals surface area contributed by atoms with Gasteiger partial charge in [-0.05, 0) is 50.5 Å². The molecule has 2 heterocycles. The molecule has 2 fully saturated rings. The van der Waals surface area contributed by atoms with E-state index in [0.29, 0.717) is 5.82 Å². The Morgan fingerprint density at radius 3 is 2.65 bits per heavy atom. The first-order valence-corrected chi connectivity index (χ1v) is 10.1. The third-order valence-corrected chi connectivity index (χ3v) is 6.14. The highest BCUT2D eigenvalue weighted by Crippen LogP contribution is 2.38. The van der Waals surface area contributed by atoms with Crippen molar-refractivity contribution in [2.45, 2.75) is 65.0 Å². The average Bonchev–Trinajstić information content (AvgIpc) is 3.25. The molecule has 0 radical (unpaired) electrons. The molecule has 4 heteroatoms. The Hall–Kier alpha value is -1.94. The Balaban J connectivity index is 1.49. The van der Waals surface area contributed by atoms with E-state index in [-0.39, 0.29) is 5.56 Å². The van der Waals surface area contributed by atoms with Gasteiger partial charge in [0.15, 0.2) is 0 Å². The zero-order valence-electron chi connectivity index (χ0n) is 15.9. The van der Waals surface area contributed by atoms with Crippen molar-refractivity contribution in [1.29, 1.82) is 0 Å². The topological polar surface area (TPSA) is 49.0 Å². The van der Waals surface area contributed by atoms with Crippen molar-refractivity contribution < 1.29 is 0 Å². The van der Waals surface area contributed by atoms with Gasteiger partial charge in [0.05, 0.1) is 0 Å². The van der Waals surface area contributed by atoms with E-state index in [0.717, 1.165) is 54.6 Å². The fourth-order valence-electron chi connectivity index (χ4n) is 4.62. The van der Waals surface area contributed by atoms with Crippen LogP contribution in [0.3, 0.4) is 0 Å². The summed E-state index contributed by atoms with van der Waals surface area (Å²) in [6.45, 7) is 6.39. The number of rotatable bonds is 6. The highest BCUT2D eigenvalue weighted by molar-refractivity contribution is 5.55. The first kappa shape index (κ1) is 17.5. The Morgan fingerprint density at radius 1 is 1.23 bits per heavy atom. The summed E-state index contributed by atoms with van der Waals surface area (Å²) in [4.78, 5) is 22.7. The van der Waals surface area contributed by atoms with Crippen LogP contribution in [0.5, 0.6) is 0 Å². The smallest absolute Gasteiger partial charge is 0.254 e. The molecule has 1 aromatic carbocycles. The molecule has 1 N–H and O–H groups in total. The number of likely N-dealkylation sites (tertiary alicyclic amines) is 1. The molecule has 1 aliphatic heterocycles. The molecule has 1 aromatic heterocycles. The Labute approximate surface area is 155 Å². The molecule has 1 saturated heterocycles. The number of aromatic amines is 1. The summed E-state index contributed by atoms with van der Waals surface area (Å²) in [5, 5.41) is 0. The summed E-state index contributed by atoms with van der Waals surface area (Å²) in [6.07, 6.45) is 7.11. The average molecular weight is 351 g/mol. The number of piperidine rings is 1. The molecule has 4 nitrogen and oxygen atoms in total. The van der Waals surface area contributed by atoms with Crippen LogP contribution in [0.4, 0.5) is 0 Å². The molecule has 2 aromatic rings. The van der Waals surface area contributed by atoms with Crippen LogP contribution in [-0.4, -0.2) is 27.5 Å². The Kier molecular flexibility index (Phi) is 4.94. The third-order valence-electron chi connectivity index (χ3n) is 6.14. The van der Waals surface area contributed by atoms with Gasteiger partial charge in [0.2, 0.25) is 0 Å². The largest absolute Gasteiger partial charge is 0.306 e. The van der Waals surface area contributed by atoms with Crippen LogP contribution in [0.2, 0.25) is 0 Å². The van der Waals surface area contributed by atoms with E-state index in [2.05, 4.69) is 46.1 Å². The molecule has 1 aliphatic carbocycles. The van der Waals surface area contributed by atoms with E-state index in [1.54, 1.807) is 0 Å². The number of unbranched alkanes of at least 4 members (excludes halogenated alkanes) is 1. The van der Waals surface area contributed by atoms with E-state index in [9.17, 15) is 4.79 Å². The number of benzene rings is 1. The second kappa shape index (κ2) is 7.36. The molecule has 1 saturated carbocycles. The minimum absolute atomic E-state index is 0.0121. The van der Waals surface area contributed by atoms with E-state index in [4.69, 9.17) is 0 Å². The van der Waals surface area contributed by atoms with Gasteiger partial charge in [0.25, 0.3) is 5.56 Å². The lowest BCUT2D eigenvalue weighted by Gasteiger charge is -2.26. The van der Waals surface area contributed by atoms with Crippen LogP contribution in [-0.2, 0) is 13.0 Å². The minimum atomic E-state index is 0.0121. The van der Waals surface area contributed by atoms with Gasteiger partial charge in [-0.3, -0.25) is 9.69 Å². The first-order valence-electron chi connectivity index (χ1n) is 10.1. The molecular weight excluding hydrogens is 322 g/mol. The fourth-order valence-corrected chi connectivity index (χ4v) is 4.62. The van der Waals surface area contributed by atoms with Crippen molar-refractivity contribution in [3.63, 3.8) is 0 Å². The monoisotopic (exact) mass is 351 g/mol. The quantitative estimate of drug-likeness (QED) is 0.853. The molecule has 0 amide bonds. The van der Waals surface area contributed by atoms with Crippen LogP contribution in [0.25, 0.3) is 11.4 Å². The second-order valence-electron chi connectivity index (χ2n) is 8.04. The van der Waals surface area contributed by atoms with Crippen LogP contribution in [0.1, 0.15) is 55.8 Å². The van der Waals surface area contributed by atoms with Crippen molar-refractivity contribution in [2.75, 3.05) is 6.54 Å². The van der Waals surface area contributed by atoms with Gasteiger partial charge in [-0.1, -0.05) is 37.6 Å². The van der Waals surface area contributed by atoms with Crippen molar-refractivity contribution in [1.82, 2.24) is 14.9 Å².